The molecule has 0 spiro atoms. The molecule has 0 saturated carbocycles. The molecule has 0 unspecified atom stereocenters. The molecule has 2 rings (SSSR count). The van der Waals surface area contributed by atoms with Gasteiger partial charge in [0.15, 0.2) is 5.11 Å². The third-order valence-electron chi connectivity index (χ3n) is 3.61. The highest BCUT2D eigenvalue weighted by Gasteiger charge is 2.49. The number of hydrogen-bond donors (Lipinski definition) is 3. The van der Waals surface area contributed by atoms with Gasteiger partial charge in [0, 0.05) is 18.7 Å². The summed E-state index contributed by atoms with van der Waals surface area (Å²) in [5.74, 6) is -0.578. The van der Waals surface area contributed by atoms with Gasteiger partial charge in [-0.15, -0.1) is 0 Å². The van der Waals surface area contributed by atoms with E-state index in [9.17, 15) is 19.7 Å². The Hall–Kier alpha value is -3.01. The molecule has 9 nitrogen and oxygen atoms in total. The smallest absolute Gasteiger partial charge is 0.344 e. The fourth-order valence-corrected chi connectivity index (χ4v) is 2.39. The molecule has 1 aliphatic heterocycles. The van der Waals surface area contributed by atoms with Gasteiger partial charge in [-0.2, -0.15) is 5.01 Å². The monoisotopic (exact) mass is 363 g/mol. The molecule has 1 saturated heterocycles. The van der Waals surface area contributed by atoms with Gasteiger partial charge in [0.2, 0.25) is 0 Å². The maximum Gasteiger partial charge on any atom is 0.344 e. The van der Waals surface area contributed by atoms with Crippen molar-refractivity contribution in [2.45, 2.75) is 19.4 Å². The summed E-state index contributed by atoms with van der Waals surface area (Å²) in [6.45, 7) is 7.43. The van der Waals surface area contributed by atoms with Crippen molar-refractivity contribution >= 4 is 35.0 Å². The number of imide groups is 1. The van der Waals surface area contributed by atoms with Crippen LogP contribution in [-0.2, 0) is 10.3 Å². The maximum atomic E-state index is 12.7. The van der Waals surface area contributed by atoms with Gasteiger partial charge in [-0.05, 0) is 43.8 Å². The quantitative estimate of drug-likeness (QED) is 0.237. The number of hydrogen-bond acceptors (Lipinski definition) is 5. The van der Waals surface area contributed by atoms with Crippen molar-refractivity contribution in [3.05, 3.63) is 52.1 Å². The third kappa shape index (κ3) is 3.74. The molecule has 1 atom stereocenters. The van der Waals surface area contributed by atoms with E-state index >= 15 is 0 Å². The molecule has 0 aromatic heterocycles. The molecule has 10 heteroatoms. The zero-order chi connectivity index (χ0) is 18.8. The molecular formula is C15H17N5O4S. The maximum absolute atomic E-state index is 12.7. The molecule has 132 valence electrons. The number of urea groups is 1. The van der Waals surface area contributed by atoms with Gasteiger partial charge in [-0.3, -0.25) is 20.3 Å². The van der Waals surface area contributed by atoms with Crippen LogP contribution in [0.3, 0.4) is 0 Å². The molecule has 0 radical (unpaired) electrons. The molecule has 0 aliphatic carbocycles. The van der Waals surface area contributed by atoms with Crippen molar-refractivity contribution in [3.8, 4) is 0 Å². The Labute approximate surface area is 149 Å². The number of thiocarbonyl (C=S) groups is 1. The van der Waals surface area contributed by atoms with Gasteiger partial charge < -0.3 is 10.6 Å². The summed E-state index contributed by atoms with van der Waals surface area (Å²) in [4.78, 5) is 35.0. The van der Waals surface area contributed by atoms with Crippen molar-refractivity contribution in [2.75, 3.05) is 6.54 Å². The number of carbonyl (C=O) groups is 2. The van der Waals surface area contributed by atoms with E-state index in [1.165, 1.54) is 31.2 Å². The topological polar surface area (TPSA) is 117 Å². The first-order valence-electron chi connectivity index (χ1n) is 7.25. The first-order valence-corrected chi connectivity index (χ1v) is 7.66. The lowest BCUT2D eigenvalue weighted by Gasteiger charge is -2.22. The Balaban J connectivity index is 2.17. The van der Waals surface area contributed by atoms with Crippen LogP contribution in [0.25, 0.3) is 0 Å². The minimum atomic E-state index is -1.36. The Bertz CT molecular complexity index is 764. The van der Waals surface area contributed by atoms with Gasteiger partial charge in [0.25, 0.3) is 11.6 Å². The standard InChI is InChI=1S/C15H17N5O4S/c1-9(2)8-16-13(25)18-19-12(21)15(3,17-14(19)22)10-4-6-11(7-5-10)20(23)24/h4-7H,1,8H2,2-3H3,(H,17,22)(H2,16,18,25)/t15-/m0/s1. The predicted molar refractivity (Wildman–Crippen MR) is 94.4 cm³/mol. The van der Waals surface area contributed by atoms with Gasteiger partial charge >= 0.3 is 6.03 Å². The summed E-state index contributed by atoms with van der Waals surface area (Å²) in [5.41, 5.74) is 2.31. The highest BCUT2D eigenvalue weighted by Crippen LogP contribution is 2.29. The number of nitrogens with zero attached hydrogens (tertiary/aromatic N) is 2. The fraction of sp³-hybridized carbons (Fsp3) is 0.267. The molecule has 1 aromatic carbocycles. The van der Waals surface area contributed by atoms with Crippen LogP contribution < -0.4 is 16.1 Å². The number of nitro groups is 1. The second kappa shape index (κ2) is 6.85. The molecule has 1 aliphatic rings. The van der Waals surface area contributed by atoms with Crippen LogP contribution >= 0.6 is 12.2 Å². The molecule has 3 N–H and O–H groups in total. The summed E-state index contributed by atoms with van der Waals surface area (Å²) in [5, 5.41) is 17.0. The van der Waals surface area contributed by atoms with E-state index in [1.807, 2.05) is 0 Å². The van der Waals surface area contributed by atoms with E-state index in [2.05, 4.69) is 22.6 Å². The van der Waals surface area contributed by atoms with Crippen molar-refractivity contribution < 1.29 is 14.5 Å². The average molecular weight is 363 g/mol. The van der Waals surface area contributed by atoms with Crippen LogP contribution in [0.2, 0.25) is 0 Å². The summed E-state index contributed by atoms with van der Waals surface area (Å²) in [7, 11) is 0. The zero-order valence-corrected chi connectivity index (χ0v) is 14.5. The van der Waals surface area contributed by atoms with E-state index in [1.54, 1.807) is 6.92 Å². The SMILES string of the molecule is C=C(C)CNC(=S)NN1C(=O)N[C@@](C)(c2ccc([N+](=O)[O-])cc2)C1=O. The lowest BCUT2D eigenvalue weighted by molar-refractivity contribution is -0.384. The molecule has 1 aromatic rings. The predicted octanol–water partition coefficient (Wildman–Crippen LogP) is 1.32. The van der Waals surface area contributed by atoms with Crippen molar-refractivity contribution in [1.82, 2.24) is 21.1 Å². The van der Waals surface area contributed by atoms with E-state index < -0.39 is 22.4 Å². The number of non-ortho nitro benzene ring substituents is 1. The van der Waals surface area contributed by atoms with Gasteiger partial charge in [-0.1, -0.05) is 12.2 Å². The van der Waals surface area contributed by atoms with Crippen molar-refractivity contribution in [3.63, 3.8) is 0 Å². The lowest BCUT2D eigenvalue weighted by atomic mass is 9.92. The van der Waals surface area contributed by atoms with Gasteiger partial charge in [0.05, 0.1) is 4.92 Å². The third-order valence-corrected chi connectivity index (χ3v) is 3.85. The van der Waals surface area contributed by atoms with Crippen LogP contribution in [0, 0.1) is 10.1 Å². The summed E-state index contributed by atoms with van der Waals surface area (Å²) in [6.07, 6.45) is 0. The second-order valence-electron chi connectivity index (χ2n) is 5.75. The largest absolute Gasteiger partial charge is 0.358 e. The van der Waals surface area contributed by atoms with E-state index in [4.69, 9.17) is 12.2 Å². The van der Waals surface area contributed by atoms with E-state index in [0.717, 1.165) is 10.6 Å². The Morgan fingerprint density at radius 2 is 2.00 bits per heavy atom. The van der Waals surface area contributed by atoms with Crippen LogP contribution in [0.5, 0.6) is 0 Å². The van der Waals surface area contributed by atoms with Crippen LogP contribution in [0.4, 0.5) is 10.5 Å². The highest BCUT2D eigenvalue weighted by atomic mass is 32.1. The number of carbonyl (C=O) groups excluding carboxylic acids is 2. The summed E-state index contributed by atoms with van der Waals surface area (Å²) >= 11 is 5.04. The Morgan fingerprint density at radius 1 is 1.40 bits per heavy atom. The Morgan fingerprint density at radius 3 is 2.52 bits per heavy atom. The minimum absolute atomic E-state index is 0.0967. The number of nitrogens with one attached hydrogen (secondary N) is 3. The molecule has 1 fully saturated rings. The van der Waals surface area contributed by atoms with Crippen LogP contribution in [0.15, 0.2) is 36.4 Å². The zero-order valence-electron chi connectivity index (χ0n) is 13.7. The van der Waals surface area contributed by atoms with Crippen LogP contribution in [-0.4, -0.2) is 33.5 Å². The lowest BCUT2D eigenvalue weighted by Crippen LogP contribution is -2.51. The van der Waals surface area contributed by atoms with Crippen LogP contribution in [0.1, 0.15) is 19.4 Å². The first-order chi connectivity index (χ1) is 11.6. The highest BCUT2D eigenvalue weighted by molar-refractivity contribution is 7.80. The average Bonchev–Trinajstić information content (AvgIpc) is 2.77. The summed E-state index contributed by atoms with van der Waals surface area (Å²) < 4.78 is 0. The molecule has 3 amide bonds. The number of nitro benzene ring substituents is 1. The number of rotatable bonds is 5. The van der Waals surface area contributed by atoms with E-state index in [0.29, 0.717) is 12.1 Å². The van der Waals surface area contributed by atoms with Crippen molar-refractivity contribution in [1.29, 1.82) is 0 Å². The normalized spacial score (nSPS) is 19.4. The number of benzene rings is 1. The number of hydrazine groups is 1. The fourth-order valence-electron chi connectivity index (χ4n) is 2.22. The summed E-state index contributed by atoms with van der Waals surface area (Å²) in [6, 6.07) is 4.73. The Kier molecular flexibility index (Phi) is 5.02. The number of amides is 3. The molecular weight excluding hydrogens is 346 g/mol. The minimum Gasteiger partial charge on any atom is -0.358 e. The molecule has 25 heavy (non-hydrogen) atoms. The molecule has 1 heterocycles. The molecule has 0 bridgehead atoms. The van der Waals surface area contributed by atoms with Crippen molar-refractivity contribution in [2.24, 2.45) is 0 Å². The van der Waals surface area contributed by atoms with Gasteiger partial charge in [0.1, 0.15) is 5.54 Å². The van der Waals surface area contributed by atoms with Gasteiger partial charge in [-0.25, -0.2) is 4.79 Å². The first kappa shape index (κ1) is 18.3. The van der Waals surface area contributed by atoms with E-state index in [-0.39, 0.29) is 10.8 Å². The second-order valence-corrected chi connectivity index (χ2v) is 6.16.